The lowest BCUT2D eigenvalue weighted by molar-refractivity contribution is -0.118. The molecule has 0 fully saturated rings. The van der Waals surface area contributed by atoms with Crippen molar-refractivity contribution in [2.45, 2.75) is 18.4 Å². The Morgan fingerprint density at radius 1 is 0.960 bits per heavy atom. The molecule has 0 bridgehead atoms. The third kappa shape index (κ3) is 5.06. The van der Waals surface area contributed by atoms with Crippen LogP contribution in [0.5, 0.6) is 17.2 Å². The van der Waals surface area contributed by atoms with Crippen LogP contribution in [0.2, 0.25) is 0 Å². The van der Waals surface area contributed by atoms with Crippen molar-refractivity contribution in [2.24, 2.45) is 0 Å². The zero-order valence-electron chi connectivity index (χ0n) is 14.9. The van der Waals surface area contributed by atoms with Crippen molar-refractivity contribution >= 4 is 17.7 Å². The SMILES string of the molecule is COc1ccc(CNC(=O)CSc2ccc(C)cc2)c(OC)c1OC. The van der Waals surface area contributed by atoms with Crippen LogP contribution in [0.15, 0.2) is 41.3 Å². The largest absolute Gasteiger partial charge is 0.493 e. The van der Waals surface area contributed by atoms with Gasteiger partial charge in [0.15, 0.2) is 11.5 Å². The van der Waals surface area contributed by atoms with Crippen molar-refractivity contribution in [1.29, 1.82) is 0 Å². The van der Waals surface area contributed by atoms with Gasteiger partial charge >= 0.3 is 0 Å². The molecule has 2 aromatic rings. The fraction of sp³-hybridized carbons (Fsp3) is 0.316. The molecule has 2 rings (SSSR count). The second-order valence-corrected chi connectivity index (χ2v) is 6.42. The molecule has 0 spiro atoms. The molecule has 0 atom stereocenters. The molecule has 0 aliphatic carbocycles. The van der Waals surface area contributed by atoms with E-state index in [0.717, 1.165) is 10.5 Å². The predicted molar refractivity (Wildman–Crippen MR) is 99.8 cm³/mol. The van der Waals surface area contributed by atoms with Crippen molar-refractivity contribution in [1.82, 2.24) is 5.32 Å². The van der Waals surface area contributed by atoms with Gasteiger partial charge in [-0.2, -0.15) is 0 Å². The summed E-state index contributed by atoms with van der Waals surface area (Å²) in [6.07, 6.45) is 0. The van der Waals surface area contributed by atoms with E-state index in [-0.39, 0.29) is 5.91 Å². The summed E-state index contributed by atoms with van der Waals surface area (Å²) in [6.45, 7) is 2.40. The van der Waals surface area contributed by atoms with Crippen LogP contribution >= 0.6 is 11.8 Å². The smallest absolute Gasteiger partial charge is 0.230 e. The second kappa shape index (κ2) is 9.22. The molecular weight excluding hydrogens is 338 g/mol. The van der Waals surface area contributed by atoms with E-state index in [1.807, 2.05) is 37.3 Å². The van der Waals surface area contributed by atoms with E-state index < -0.39 is 0 Å². The van der Waals surface area contributed by atoms with Crippen LogP contribution in [0.25, 0.3) is 0 Å². The van der Waals surface area contributed by atoms with Crippen LogP contribution in [-0.4, -0.2) is 33.0 Å². The van der Waals surface area contributed by atoms with Gasteiger partial charge in [0.05, 0.1) is 27.1 Å². The molecule has 5 nitrogen and oxygen atoms in total. The van der Waals surface area contributed by atoms with Gasteiger partial charge in [-0.3, -0.25) is 4.79 Å². The molecule has 25 heavy (non-hydrogen) atoms. The molecule has 0 radical (unpaired) electrons. The lowest BCUT2D eigenvalue weighted by atomic mass is 10.1. The lowest BCUT2D eigenvalue weighted by Gasteiger charge is -2.16. The first-order chi connectivity index (χ1) is 12.1. The Morgan fingerprint density at radius 3 is 2.24 bits per heavy atom. The minimum atomic E-state index is -0.0394. The van der Waals surface area contributed by atoms with Crippen LogP contribution in [0.1, 0.15) is 11.1 Å². The van der Waals surface area contributed by atoms with E-state index in [0.29, 0.717) is 29.5 Å². The average Bonchev–Trinajstić information content (AvgIpc) is 2.64. The molecule has 1 amide bonds. The highest BCUT2D eigenvalue weighted by atomic mass is 32.2. The lowest BCUT2D eigenvalue weighted by Crippen LogP contribution is -2.24. The number of nitrogens with one attached hydrogen (secondary N) is 1. The Kier molecular flexibility index (Phi) is 7.01. The molecular formula is C19H23NO4S. The zero-order chi connectivity index (χ0) is 18.2. The normalized spacial score (nSPS) is 10.2. The van der Waals surface area contributed by atoms with Gasteiger partial charge in [-0.1, -0.05) is 17.7 Å². The summed E-state index contributed by atoms with van der Waals surface area (Å²) in [5.74, 6) is 1.99. The van der Waals surface area contributed by atoms with Gasteiger partial charge in [-0.15, -0.1) is 11.8 Å². The highest BCUT2D eigenvalue weighted by Crippen LogP contribution is 2.39. The molecule has 0 aliphatic rings. The molecule has 0 aliphatic heterocycles. The van der Waals surface area contributed by atoms with Crippen LogP contribution in [0.3, 0.4) is 0 Å². The van der Waals surface area contributed by atoms with Gasteiger partial charge < -0.3 is 19.5 Å². The summed E-state index contributed by atoms with van der Waals surface area (Å²) in [4.78, 5) is 13.2. The highest BCUT2D eigenvalue weighted by Gasteiger charge is 2.16. The van der Waals surface area contributed by atoms with Crippen LogP contribution in [-0.2, 0) is 11.3 Å². The number of rotatable bonds is 8. The summed E-state index contributed by atoms with van der Waals surface area (Å²) in [5.41, 5.74) is 2.03. The summed E-state index contributed by atoms with van der Waals surface area (Å²) >= 11 is 1.51. The number of benzene rings is 2. The summed E-state index contributed by atoms with van der Waals surface area (Å²) in [7, 11) is 4.69. The van der Waals surface area contributed by atoms with Gasteiger partial charge in [0.25, 0.3) is 0 Å². The standard InChI is InChI=1S/C19H23NO4S/c1-13-5-8-15(9-6-13)25-12-17(21)20-11-14-7-10-16(22-2)19(24-4)18(14)23-3/h5-10H,11-12H2,1-4H3,(H,20,21). The fourth-order valence-electron chi connectivity index (χ4n) is 2.33. The third-order valence-corrected chi connectivity index (χ3v) is 4.66. The molecule has 0 saturated carbocycles. The Bertz CT molecular complexity index is 716. The average molecular weight is 361 g/mol. The molecule has 0 saturated heterocycles. The number of amides is 1. The van der Waals surface area contributed by atoms with Crippen LogP contribution in [0.4, 0.5) is 0 Å². The quantitative estimate of drug-likeness (QED) is 0.730. The fourth-order valence-corrected chi connectivity index (χ4v) is 3.06. The summed E-state index contributed by atoms with van der Waals surface area (Å²) in [6, 6.07) is 11.8. The molecule has 6 heteroatoms. The first-order valence-corrected chi connectivity index (χ1v) is 8.81. The van der Waals surface area contributed by atoms with E-state index in [4.69, 9.17) is 14.2 Å². The van der Waals surface area contributed by atoms with Crippen molar-refractivity contribution in [2.75, 3.05) is 27.1 Å². The first-order valence-electron chi connectivity index (χ1n) is 7.83. The maximum atomic E-state index is 12.1. The molecule has 2 aromatic carbocycles. The Labute approximate surface area is 152 Å². The van der Waals surface area contributed by atoms with Gasteiger partial charge in [0, 0.05) is 17.0 Å². The maximum absolute atomic E-state index is 12.1. The van der Waals surface area contributed by atoms with E-state index in [2.05, 4.69) is 5.32 Å². The monoisotopic (exact) mass is 361 g/mol. The molecule has 0 heterocycles. The number of methoxy groups -OCH3 is 3. The number of thioether (sulfide) groups is 1. The van der Waals surface area contributed by atoms with Crippen molar-refractivity contribution in [3.05, 3.63) is 47.5 Å². The second-order valence-electron chi connectivity index (χ2n) is 5.37. The molecule has 0 aromatic heterocycles. The number of ether oxygens (including phenoxy) is 3. The van der Waals surface area contributed by atoms with Gasteiger partial charge in [0.1, 0.15) is 0 Å². The number of carbonyl (C=O) groups excluding carboxylic acids is 1. The van der Waals surface area contributed by atoms with Crippen LogP contribution < -0.4 is 19.5 Å². The van der Waals surface area contributed by atoms with Gasteiger partial charge in [-0.25, -0.2) is 0 Å². The van der Waals surface area contributed by atoms with Crippen LogP contribution in [0, 0.1) is 6.92 Å². The molecule has 134 valence electrons. The number of hydrogen-bond acceptors (Lipinski definition) is 5. The van der Waals surface area contributed by atoms with E-state index >= 15 is 0 Å². The highest BCUT2D eigenvalue weighted by molar-refractivity contribution is 8.00. The zero-order valence-corrected chi connectivity index (χ0v) is 15.7. The Balaban J connectivity index is 1.96. The number of aryl methyl sites for hydroxylation is 1. The third-order valence-electron chi connectivity index (χ3n) is 3.65. The van der Waals surface area contributed by atoms with Gasteiger partial charge in [0.2, 0.25) is 11.7 Å². The van der Waals surface area contributed by atoms with Crippen molar-refractivity contribution < 1.29 is 19.0 Å². The van der Waals surface area contributed by atoms with E-state index in [1.165, 1.54) is 17.3 Å². The number of hydrogen-bond donors (Lipinski definition) is 1. The van der Waals surface area contributed by atoms with E-state index in [9.17, 15) is 4.79 Å². The van der Waals surface area contributed by atoms with E-state index in [1.54, 1.807) is 27.4 Å². The minimum Gasteiger partial charge on any atom is -0.493 e. The molecule has 0 unspecified atom stereocenters. The van der Waals surface area contributed by atoms with Crippen molar-refractivity contribution in [3.63, 3.8) is 0 Å². The minimum absolute atomic E-state index is 0.0394. The van der Waals surface area contributed by atoms with Gasteiger partial charge in [-0.05, 0) is 31.2 Å². The van der Waals surface area contributed by atoms with Crippen molar-refractivity contribution in [3.8, 4) is 17.2 Å². The predicted octanol–water partition coefficient (Wildman–Crippen LogP) is 3.43. The maximum Gasteiger partial charge on any atom is 0.230 e. The number of carbonyl (C=O) groups is 1. The topological polar surface area (TPSA) is 56.8 Å². The summed E-state index contributed by atoms with van der Waals surface area (Å²) in [5, 5.41) is 2.91. The molecule has 1 N–H and O–H groups in total. The summed E-state index contributed by atoms with van der Waals surface area (Å²) < 4.78 is 16.0. The Morgan fingerprint density at radius 2 is 1.64 bits per heavy atom. The first kappa shape index (κ1) is 19.0. The Hall–Kier alpha value is -2.34.